The first-order valence-corrected chi connectivity index (χ1v) is 13.4. The van der Waals surface area contributed by atoms with Crippen LogP contribution in [0, 0.1) is 46.3 Å². The van der Waals surface area contributed by atoms with Crippen molar-refractivity contribution >= 4 is 5.97 Å². The van der Waals surface area contributed by atoms with Crippen LogP contribution in [0.5, 0.6) is 0 Å². The van der Waals surface area contributed by atoms with E-state index < -0.39 is 5.97 Å². The van der Waals surface area contributed by atoms with Gasteiger partial charge in [-0.2, -0.15) is 0 Å². The molecule has 0 saturated heterocycles. The van der Waals surface area contributed by atoms with Crippen LogP contribution >= 0.6 is 0 Å². The molecule has 4 aliphatic carbocycles. The van der Waals surface area contributed by atoms with Gasteiger partial charge in [0.05, 0.1) is 28.2 Å². The number of carbonyl (C=O) groups is 1. The standard InChI is InChI=1S/C24H40O2.C4H12N/c1-16(7-12-22(25)26)19-10-11-20-18-9-8-17-6-4-5-14-23(17,2)21(18)13-15-24(19,20)3;1-5(2,3)4/h16-21H,4-15H2,1-3H3,(H,25,26);1-4H3/q;+1/t16?,17?,18-,19+,20-,21-,23-,24+;/m0./s1. The monoisotopic (exact) mass is 434 g/mol. The molecular formula is C28H52NO2+. The Balaban J connectivity index is 0.000000491. The normalized spacial score (nSPS) is 43.0. The number of quaternary nitrogens is 1. The average Bonchev–Trinajstić information content (AvgIpc) is 3.01. The van der Waals surface area contributed by atoms with Gasteiger partial charge in [0.25, 0.3) is 0 Å². The summed E-state index contributed by atoms with van der Waals surface area (Å²) in [5, 5.41) is 9.09. The van der Waals surface area contributed by atoms with Gasteiger partial charge in [-0.15, -0.1) is 0 Å². The Morgan fingerprint density at radius 2 is 1.55 bits per heavy atom. The molecule has 31 heavy (non-hydrogen) atoms. The van der Waals surface area contributed by atoms with Crippen LogP contribution in [0.2, 0.25) is 0 Å². The second-order valence-corrected chi connectivity index (χ2v) is 13.7. The van der Waals surface area contributed by atoms with Gasteiger partial charge in [-0.05, 0) is 104 Å². The van der Waals surface area contributed by atoms with E-state index in [1.54, 1.807) is 0 Å². The van der Waals surface area contributed by atoms with E-state index in [9.17, 15) is 4.79 Å². The summed E-state index contributed by atoms with van der Waals surface area (Å²) in [6.45, 7) is 7.60. The Morgan fingerprint density at radius 3 is 2.19 bits per heavy atom. The number of aliphatic carboxylic acids is 1. The highest BCUT2D eigenvalue weighted by Gasteiger charge is 2.60. The maximum Gasteiger partial charge on any atom is 0.303 e. The minimum atomic E-state index is -0.621. The van der Waals surface area contributed by atoms with Crippen LogP contribution in [0.3, 0.4) is 0 Å². The number of carboxylic acid groups (broad SMARTS) is 1. The lowest BCUT2D eigenvalue weighted by atomic mass is 9.44. The molecule has 4 rings (SSSR count). The van der Waals surface area contributed by atoms with Gasteiger partial charge in [-0.3, -0.25) is 4.79 Å². The van der Waals surface area contributed by atoms with E-state index >= 15 is 0 Å². The number of hydrogen-bond acceptors (Lipinski definition) is 1. The van der Waals surface area contributed by atoms with Crippen molar-refractivity contribution in [2.75, 3.05) is 28.2 Å². The van der Waals surface area contributed by atoms with Crippen molar-refractivity contribution in [2.24, 2.45) is 46.3 Å². The third kappa shape index (κ3) is 5.33. The first-order chi connectivity index (χ1) is 14.4. The molecule has 0 bridgehead atoms. The molecule has 0 radical (unpaired) electrons. The second-order valence-electron chi connectivity index (χ2n) is 13.7. The van der Waals surface area contributed by atoms with Crippen molar-refractivity contribution in [2.45, 2.75) is 97.8 Å². The van der Waals surface area contributed by atoms with E-state index in [1.165, 1.54) is 64.2 Å². The van der Waals surface area contributed by atoms with Crippen molar-refractivity contribution in [3.8, 4) is 0 Å². The van der Waals surface area contributed by atoms with E-state index in [0.717, 1.165) is 40.5 Å². The van der Waals surface area contributed by atoms with Crippen molar-refractivity contribution < 1.29 is 14.4 Å². The molecule has 3 heteroatoms. The molecular weight excluding hydrogens is 382 g/mol. The summed E-state index contributed by atoms with van der Waals surface area (Å²) in [5.74, 6) is 4.57. The average molecular weight is 435 g/mol. The van der Waals surface area contributed by atoms with Crippen molar-refractivity contribution in [3.63, 3.8) is 0 Å². The molecule has 0 amide bonds. The lowest BCUT2D eigenvalue weighted by Gasteiger charge is -2.61. The lowest BCUT2D eigenvalue weighted by Crippen LogP contribution is -2.53. The van der Waals surface area contributed by atoms with Crippen LogP contribution in [-0.4, -0.2) is 43.7 Å². The maximum absolute atomic E-state index is 11.0. The summed E-state index contributed by atoms with van der Waals surface area (Å²) >= 11 is 0. The zero-order valence-electron chi connectivity index (χ0n) is 21.8. The van der Waals surface area contributed by atoms with Gasteiger partial charge in [-0.1, -0.05) is 33.6 Å². The minimum absolute atomic E-state index is 0.351. The van der Waals surface area contributed by atoms with Gasteiger partial charge in [0.1, 0.15) is 0 Å². The zero-order valence-corrected chi connectivity index (χ0v) is 21.8. The molecule has 0 heterocycles. The molecule has 2 unspecified atom stereocenters. The fraction of sp³-hybridized carbons (Fsp3) is 0.964. The van der Waals surface area contributed by atoms with Gasteiger partial charge >= 0.3 is 5.97 Å². The summed E-state index contributed by atoms with van der Waals surface area (Å²) in [7, 11) is 8.50. The molecule has 0 spiro atoms. The van der Waals surface area contributed by atoms with Crippen molar-refractivity contribution in [3.05, 3.63) is 0 Å². The molecule has 0 aliphatic heterocycles. The minimum Gasteiger partial charge on any atom is -0.481 e. The van der Waals surface area contributed by atoms with E-state index in [2.05, 4.69) is 49.0 Å². The number of fused-ring (bicyclic) bond motifs is 5. The first kappa shape index (κ1) is 25.1. The molecule has 0 aromatic rings. The molecule has 180 valence electrons. The van der Waals surface area contributed by atoms with Crippen LogP contribution in [0.15, 0.2) is 0 Å². The van der Waals surface area contributed by atoms with E-state index in [-0.39, 0.29) is 0 Å². The Morgan fingerprint density at radius 1 is 0.903 bits per heavy atom. The highest BCUT2D eigenvalue weighted by Crippen LogP contribution is 2.68. The largest absolute Gasteiger partial charge is 0.481 e. The summed E-state index contributed by atoms with van der Waals surface area (Å²) < 4.78 is 1.00. The van der Waals surface area contributed by atoms with Crippen molar-refractivity contribution in [1.82, 2.24) is 0 Å². The van der Waals surface area contributed by atoms with E-state index in [4.69, 9.17) is 5.11 Å². The van der Waals surface area contributed by atoms with Crippen molar-refractivity contribution in [1.29, 1.82) is 0 Å². The van der Waals surface area contributed by atoms with Crippen LogP contribution in [0.1, 0.15) is 97.8 Å². The predicted octanol–water partition coefficient (Wildman–Crippen LogP) is 6.86. The van der Waals surface area contributed by atoms with Gasteiger partial charge in [-0.25, -0.2) is 0 Å². The maximum atomic E-state index is 11.0. The van der Waals surface area contributed by atoms with E-state index in [1.807, 2.05) is 0 Å². The highest BCUT2D eigenvalue weighted by atomic mass is 16.4. The van der Waals surface area contributed by atoms with Gasteiger partial charge in [0, 0.05) is 6.42 Å². The molecule has 1 N–H and O–H groups in total. The topological polar surface area (TPSA) is 37.3 Å². The molecule has 4 fully saturated rings. The summed E-state index contributed by atoms with van der Waals surface area (Å²) in [6, 6.07) is 0. The summed E-state index contributed by atoms with van der Waals surface area (Å²) in [5.41, 5.74) is 1.12. The third-order valence-corrected chi connectivity index (χ3v) is 10.2. The SMILES string of the molecule is CC(CCC(=O)O)[C@H]1CC[C@H]2[C@@H]3CCC4CCCC[C@]4(C)[C@H]3CC[C@]12C.C[N+](C)(C)C. The molecule has 0 aromatic heterocycles. The third-order valence-electron chi connectivity index (χ3n) is 10.2. The van der Waals surface area contributed by atoms with Gasteiger partial charge < -0.3 is 9.59 Å². The number of nitrogens with zero attached hydrogens (tertiary/aromatic N) is 1. The quantitative estimate of drug-likeness (QED) is 0.491. The highest BCUT2D eigenvalue weighted by molar-refractivity contribution is 5.66. The predicted molar refractivity (Wildman–Crippen MR) is 130 cm³/mol. The fourth-order valence-electron chi connectivity index (χ4n) is 8.82. The molecule has 4 aliphatic rings. The van der Waals surface area contributed by atoms with E-state index in [0.29, 0.717) is 23.2 Å². The Hall–Kier alpha value is -0.570. The number of carboxylic acids is 1. The smallest absolute Gasteiger partial charge is 0.303 e. The summed E-state index contributed by atoms with van der Waals surface area (Å²) in [4.78, 5) is 11.0. The lowest BCUT2D eigenvalue weighted by molar-refractivity contribution is -0.849. The molecule has 8 atom stereocenters. The van der Waals surface area contributed by atoms with Gasteiger partial charge in [0.2, 0.25) is 0 Å². The number of hydrogen-bond donors (Lipinski definition) is 1. The molecule has 0 aromatic carbocycles. The van der Waals surface area contributed by atoms with Crippen LogP contribution < -0.4 is 0 Å². The second kappa shape index (κ2) is 9.35. The Labute approximate surface area is 193 Å². The number of rotatable bonds is 4. The van der Waals surface area contributed by atoms with Crippen LogP contribution in [0.25, 0.3) is 0 Å². The Kier molecular flexibility index (Phi) is 7.56. The molecule has 4 saturated carbocycles. The summed E-state index contributed by atoms with van der Waals surface area (Å²) in [6.07, 6.45) is 15.7. The van der Waals surface area contributed by atoms with Crippen LogP contribution in [-0.2, 0) is 4.79 Å². The molecule has 3 nitrogen and oxygen atoms in total. The fourth-order valence-corrected chi connectivity index (χ4v) is 8.82. The zero-order chi connectivity index (χ0) is 23.0. The first-order valence-electron chi connectivity index (χ1n) is 13.4. The van der Waals surface area contributed by atoms with Gasteiger partial charge in [0.15, 0.2) is 0 Å². The Bertz CT molecular complexity index is 619. The van der Waals surface area contributed by atoms with Crippen LogP contribution in [0.4, 0.5) is 0 Å².